The van der Waals surface area contributed by atoms with Gasteiger partial charge in [-0.1, -0.05) is 0 Å². The number of aliphatic hydroxyl groups excluding tert-OH is 1. The topological polar surface area (TPSA) is 117 Å². The summed E-state index contributed by atoms with van der Waals surface area (Å²) in [6, 6.07) is 0. The lowest BCUT2D eigenvalue weighted by molar-refractivity contribution is -0.137. The number of carbonyl (C=O) groups is 2. The summed E-state index contributed by atoms with van der Waals surface area (Å²) in [6.45, 7) is 0.850. The van der Waals surface area contributed by atoms with E-state index in [2.05, 4.69) is 10.3 Å². The Kier molecular flexibility index (Phi) is 5.00. The first-order valence-corrected chi connectivity index (χ1v) is 8.18. The summed E-state index contributed by atoms with van der Waals surface area (Å²) >= 11 is 0. The van der Waals surface area contributed by atoms with E-state index in [1.54, 1.807) is 11.2 Å². The van der Waals surface area contributed by atoms with Crippen molar-refractivity contribution in [3.05, 3.63) is 12.0 Å². The number of carboxylic acid groups (broad SMARTS) is 1. The molecule has 9 nitrogen and oxygen atoms in total. The number of anilines is 1. The Morgan fingerprint density at radius 3 is 2.96 bits per heavy atom. The first-order chi connectivity index (χ1) is 11.6. The molecular weight excluding hydrogens is 316 g/mol. The second-order valence-electron chi connectivity index (χ2n) is 6.08. The molecule has 0 spiro atoms. The number of aliphatic hydroxyl groups is 1. The molecule has 0 saturated carbocycles. The average molecular weight is 338 g/mol. The molecule has 1 aromatic heterocycles. The molecule has 3 heterocycles. The zero-order valence-electron chi connectivity index (χ0n) is 13.3. The summed E-state index contributed by atoms with van der Waals surface area (Å²) < 4.78 is 7.55. The van der Waals surface area contributed by atoms with E-state index in [1.165, 1.54) is 0 Å². The third-order valence-corrected chi connectivity index (χ3v) is 4.39. The first kappa shape index (κ1) is 16.7. The molecule has 24 heavy (non-hydrogen) atoms. The fraction of sp³-hybridized carbons (Fsp3) is 0.667. The van der Waals surface area contributed by atoms with Crippen molar-refractivity contribution in [3.8, 4) is 0 Å². The molecule has 1 fully saturated rings. The number of amides is 1. The second-order valence-corrected chi connectivity index (χ2v) is 6.08. The Labute approximate surface area is 139 Å². The number of hydrogen-bond acceptors (Lipinski definition) is 6. The average Bonchev–Trinajstić information content (AvgIpc) is 3.19. The summed E-state index contributed by atoms with van der Waals surface area (Å²) in [5, 5.41) is 21.0. The van der Waals surface area contributed by atoms with E-state index in [1.807, 2.05) is 4.57 Å². The van der Waals surface area contributed by atoms with Gasteiger partial charge in [0.05, 0.1) is 25.7 Å². The summed E-state index contributed by atoms with van der Waals surface area (Å²) in [6.07, 6.45) is 4.03. The van der Waals surface area contributed by atoms with Crippen molar-refractivity contribution >= 4 is 17.7 Å². The fourth-order valence-electron chi connectivity index (χ4n) is 3.09. The van der Waals surface area contributed by atoms with Crippen LogP contribution in [0.15, 0.2) is 6.33 Å². The lowest BCUT2D eigenvalue weighted by atomic mass is 10.2. The van der Waals surface area contributed by atoms with Gasteiger partial charge in [0.25, 0.3) is 5.91 Å². The molecule has 2 atom stereocenters. The molecular formula is C15H22N4O5. The molecule has 2 aliphatic heterocycles. The molecule has 0 aromatic carbocycles. The van der Waals surface area contributed by atoms with Gasteiger partial charge >= 0.3 is 5.97 Å². The standard InChI is InChI=1S/C15H22N4O5/c20-7-10-4-5-11(24-10)19-9-16-13-14(19)17-8-18(15(13)23)6-2-1-3-12(21)22/h9-11,17,20H,1-8H2,(H,21,22)/t10-,11+/m0/s1. The van der Waals surface area contributed by atoms with Crippen LogP contribution in [0.25, 0.3) is 0 Å². The fourth-order valence-corrected chi connectivity index (χ4v) is 3.09. The smallest absolute Gasteiger partial charge is 0.303 e. The Morgan fingerprint density at radius 1 is 1.42 bits per heavy atom. The van der Waals surface area contributed by atoms with Gasteiger partial charge in [0.2, 0.25) is 0 Å². The number of aliphatic carboxylic acids is 1. The van der Waals surface area contributed by atoms with Crippen LogP contribution in [0.4, 0.5) is 5.82 Å². The van der Waals surface area contributed by atoms with Gasteiger partial charge in [-0.2, -0.15) is 0 Å². The molecule has 132 valence electrons. The van der Waals surface area contributed by atoms with E-state index in [-0.39, 0.29) is 31.3 Å². The molecule has 0 bridgehead atoms. The quantitative estimate of drug-likeness (QED) is 0.624. The molecule has 0 aliphatic carbocycles. The number of rotatable bonds is 7. The van der Waals surface area contributed by atoms with Crippen LogP contribution in [-0.4, -0.2) is 62.5 Å². The number of nitrogens with zero attached hydrogens (tertiary/aromatic N) is 3. The Balaban J connectivity index is 1.61. The number of hydrogen-bond donors (Lipinski definition) is 3. The van der Waals surface area contributed by atoms with Gasteiger partial charge in [0.15, 0.2) is 5.69 Å². The molecule has 3 rings (SSSR count). The monoisotopic (exact) mass is 338 g/mol. The Morgan fingerprint density at radius 2 is 2.25 bits per heavy atom. The minimum atomic E-state index is -0.822. The van der Waals surface area contributed by atoms with E-state index in [9.17, 15) is 14.7 Å². The SMILES string of the molecule is O=C(O)CCCCN1CNc2c(ncn2[C@H]2CC[C@@H](CO)O2)C1=O. The van der Waals surface area contributed by atoms with E-state index >= 15 is 0 Å². The van der Waals surface area contributed by atoms with Crippen molar-refractivity contribution in [2.45, 2.75) is 44.4 Å². The van der Waals surface area contributed by atoms with Crippen LogP contribution in [0, 0.1) is 0 Å². The van der Waals surface area contributed by atoms with Crippen LogP contribution in [0.1, 0.15) is 48.8 Å². The minimum Gasteiger partial charge on any atom is -0.481 e. The zero-order valence-corrected chi connectivity index (χ0v) is 13.3. The number of carbonyl (C=O) groups excluding carboxylic acids is 1. The predicted octanol–water partition coefficient (Wildman–Crippen LogP) is 0.633. The maximum atomic E-state index is 12.5. The zero-order chi connectivity index (χ0) is 17.1. The van der Waals surface area contributed by atoms with E-state index in [4.69, 9.17) is 9.84 Å². The number of fused-ring (bicyclic) bond motifs is 1. The highest BCUT2D eigenvalue weighted by molar-refractivity contribution is 5.98. The van der Waals surface area contributed by atoms with Crippen LogP contribution in [0.2, 0.25) is 0 Å². The van der Waals surface area contributed by atoms with Crippen LogP contribution in [-0.2, 0) is 9.53 Å². The maximum Gasteiger partial charge on any atom is 0.303 e. The summed E-state index contributed by atoms with van der Waals surface area (Å²) in [5.74, 6) is -0.336. The third-order valence-electron chi connectivity index (χ3n) is 4.39. The van der Waals surface area contributed by atoms with Crippen LogP contribution in [0.5, 0.6) is 0 Å². The first-order valence-electron chi connectivity index (χ1n) is 8.18. The molecule has 1 amide bonds. The van der Waals surface area contributed by atoms with Crippen LogP contribution < -0.4 is 5.32 Å². The summed E-state index contributed by atoms with van der Waals surface area (Å²) in [4.78, 5) is 28.9. The van der Waals surface area contributed by atoms with Gasteiger partial charge in [0, 0.05) is 13.0 Å². The molecule has 0 unspecified atom stereocenters. The number of imidazole rings is 1. The minimum absolute atomic E-state index is 0.0101. The molecule has 9 heteroatoms. The van der Waals surface area contributed by atoms with E-state index < -0.39 is 5.97 Å². The largest absolute Gasteiger partial charge is 0.481 e. The lowest BCUT2D eigenvalue weighted by Crippen LogP contribution is -2.41. The van der Waals surface area contributed by atoms with Gasteiger partial charge in [-0.25, -0.2) is 4.98 Å². The van der Waals surface area contributed by atoms with Gasteiger partial charge in [-0.05, 0) is 25.7 Å². The highest BCUT2D eigenvalue weighted by Crippen LogP contribution is 2.33. The number of nitrogens with one attached hydrogen (secondary N) is 1. The van der Waals surface area contributed by atoms with Crippen LogP contribution >= 0.6 is 0 Å². The second kappa shape index (κ2) is 7.18. The van der Waals surface area contributed by atoms with Crippen LogP contribution in [0.3, 0.4) is 0 Å². The van der Waals surface area contributed by atoms with Gasteiger partial charge in [0.1, 0.15) is 12.0 Å². The van der Waals surface area contributed by atoms with Gasteiger partial charge in [-0.15, -0.1) is 0 Å². The summed E-state index contributed by atoms with van der Waals surface area (Å²) in [7, 11) is 0. The lowest BCUT2D eigenvalue weighted by Gasteiger charge is -2.29. The molecule has 2 aliphatic rings. The van der Waals surface area contributed by atoms with Gasteiger partial charge in [-0.3, -0.25) is 14.2 Å². The van der Waals surface area contributed by atoms with Crippen molar-refractivity contribution in [1.29, 1.82) is 0 Å². The number of unbranched alkanes of at least 4 members (excludes halogenated alkanes) is 1. The molecule has 1 aromatic rings. The van der Waals surface area contributed by atoms with Crippen molar-refractivity contribution in [3.63, 3.8) is 0 Å². The van der Waals surface area contributed by atoms with E-state index in [0.717, 1.165) is 12.8 Å². The van der Waals surface area contributed by atoms with E-state index in [0.29, 0.717) is 37.6 Å². The normalized spacial score (nSPS) is 23.2. The molecule has 0 radical (unpaired) electrons. The highest BCUT2D eigenvalue weighted by Gasteiger charge is 2.33. The van der Waals surface area contributed by atoms with Crippen molar-refractivity contribution in [2.75, 3.05) is 25.1 Å². The predicted molar refractivity (Wildman–Crippen MR) is 83.5 cm³/mol. The summed E-state index contributed by atoms with van der Waals surface area (Å²) in [5.41, 5.74) is 0.357. The number of ether oxygens (including phenoxy) is 1. The molecule has 1 saturated heterocycles. The van der Waals surface area contributed by atoms with Gasteiger partial charge < -0.3 is 25.2 Å². The third kappa shape index (κ3) is 3.36. The highest BCUT2D eigenvalue weighted by atomic mass is 16.5. The Bertz CT molecular complexity index is 617. The number of carboxylic acids is 1. The van der Waals surface area contributed by atoms with Crippen molar-refractivity contribution < 1.29 is 24.5 Å². The Hall–Kier alpha value is -2.13. The van der Waals surface area contributed by atoms with Crippen molar-refractivity contribution in [2.24, 2.45) is 0 Å². The molecule has 3 N–H and O–H groups in total. The number of aromatic nitrogens is 2. The van der Waals surface area contributed by atoms with Crippen molar-refractivity contribution in [1.82, 2.24) is 14.5 Å². The maximum absolute atomic E-state index is 12.5.